The van der Waals surface area contributed by atoms with Crippen LogP contribution in [0.2, 0.25) is 5.02 Å². The first-order chi connectivity index (χ1) is 15.6. The third kappa shape index (κ3) is 4.42. The average molecular weight is 492 g/mol. The number of aliphatic imine (C=N–C) groups is 1. The fourth-order valence-corrected chi connectivity index (χ4v) is 7.22. The highest BCUT2D eigenvalue weighted by Gasteiger charge is 2.43. The summed E-state index contributed by atoms with van der Waals surface area (Å²) in [6, 6.07) is 7.28. The molecule has 1 aromatic carbocycles. The number of guanidine groups is 1. The van der Waals surface area contributed by atoms with Gasteiger partial charge in [0.25, 0.3) is 5.91 Å². The van der Waals surface area contributed by atoms with Gasteiger partial charge in [-0.3, -0.25) is 13.3 Å². The molecule has 2 aliphatic heterocycles. The zero-order valence-electron chi connectivity index (χ0n) is 17.8. The van der Waals surface area contributed by atoms with E-state index in [9.17, 15) is 13.4 Å². The van der Waals surface area contributed by atoms with Crippen molar-refractivity contribution in [2.75, 3.05) is 24.2 Å². The van der Waals surface area contributed by atoms with Crippen LogP contribution in [-0.4, -0.2) is 44.2 Å². The maximum absolute atomic E-state index is 15.0. The molecule has 0 spiro atoms. The van der Waals surface area contributed by atoms with E-state index in [2.05, 4.69) is 20.0 Å². The van der Waals surface area contributed by atoms with E-state index in [1.165, 1.54) is 30.5 Å². The molecule has 3 heterocycles. The molecule has 174 valence electrons. The van der Waals surface area contributed by atoms with Crippen LogP contribution in [0, 0.1) is 17.1 Å². The molecule has 1 saturated heterocycles. The summed E-state index contributed by atoms with van der Waals surface area (Å²) < 4.78 is 33.4. The number of rotatable bonds is 3. The number of pyridine rings is 1. The minimum absolute atomic E-state index is 0.0168. The third-order valence-electron chi connectivity index (χ3n) is 5.68. The lowest BCUT2D eigenvalue weighted by Gasteiger charge is -2.45. The van der Waals surface area contributed by atoms with Crippen LogP contribution in [0.3, 0.4) is 0 Å². The van der Waals surface area contributed by atoms with E-state index in [0.29, 0.717) is 13.1 Å². The first-order valence-electron chi connectivity index (χ1n) is 10.3. The Morgan fingerprint density at radius 2 is 2.21 bits per heavy atom. The number of fused-ring (bicyclic) bond motifs is 1. The second kappa shape index (κ2) is 8.70. The van der Waals surface area contributed by atoms with Crippen molar-refractivity contribution in [1.82, 2.24) is 14.0 Å². The first-order valence-corrected chi connectivity index (χ1v) is 12.5. The molecule has 12 heteroatoms. The van der Waals surface area contributed by atoms with Crippen LogP contribution in [-0.2, 0) is 15.8 Å². The molecule has 2 aliphatic rings. The third-order valence-corrected chi connectivity index (χ3v) is 8.92. The Bertz CT molecular complexity index is 1250. The van der Waals surface area contributed by atoms with E-state index >= 15 is 0 Å². The molecule has 4 rings (SSSR count). The number of nitriles is 1. The summed E-state index contributed by atoms with van der Waals surface area (Å²) in [6.45, 7) is 2.77. The number of thiol groups is 1. The van der Waals surface area contributed by atoms with E-state index in [-0.39, 0.29) is 39.2 Å². The van der Waals surface area contributed by atoms with Crippen molar-refractivity contribution in [2.45, 2.75) is 25.3 Å². The van der Waals surface area contributed by atoms with Crippen LogP contribution in [0.25, 0.3) is 0 Å². The van der Waals surface area contributed by atoms with Crippen LogP contribution in [0.5, 0.6) is 0 Å². The molecule has 0 radical (unpaired) electrons. The van der Waals surface area contributed by atoms with Gasteiger partial charge in [0.15, 0.2) is 0 Å². The standard InChI is InChI=1S/C21H23ClFN7O2S/c1-21(12-33(32)27-6-2-3-7-30(33)20(25)29-21)15-9-14(4-5-17(15)23)28-19(31)18-16(22)8-13(10-24)11-26-18/h4-5,8-9,11,33H,2-3,6-7,12H2,1H3,(H2,25,29)(H,27,32)(H,28,31)/t21-/m0/s1. The number of hydrogen-bond acceptors (Lipinski definition) is 6. The smallest absolute Gasteiger partial charge is 0.275 e. The fourth-order valence-electron chi connectivity index (χ4n) is 4.09. The maximum Gasteiger partial charge on any atom is 0.275 e. The Hall–Kier alpha value is -3.07. The van der Waals surface area contributed by atoms with Gasteiger partial charge in [-0.2, -0.15) is 5.26 Å². The number of aromatic nitrogens is 1. The van der Waals surface area contributed by atoms with Gasteiger partial charge in [0.05, 0.1) is 16.3 Å². The molecule has 1 atom stereocenters. The minimum atomic E-state index is -3.11. The molecule has 2 aromatic rings. The van der Waals surface area contributed by atoms with E-state index < -0.39 is 27.6 Å². The molecule has 0 aliphatic carbocycles. The van der Waals surface area contributed by atoms with Gasteiger partial charge in [-0.25, -0.2) is 19.1 Å². The predicted molar refractivity (Wildman–Crippen MR) is 126 cm³/mol. The van der Waals surface area contributed by atoms with Crippen LogP contribution in [0.1, 0.15) is 41.4 Å². The number of amides is 1. The number of anilines is 1. The molecule has 0 saturated carbocycles. The predicted octanol–water partition coefficient (Wildman–Crippen LogP) is 2.07. The summed E-state index contributed by atoms with van der Waals surface area (Å²) in [5.74, 6) is -1.03. The van der Waals surface area contributed by atoms with Gasteiger partial charge in [0.2, 0.25) is 5.96 Å². The highest BCUT2D eigenvalue weighted by molar-refractivity contribution is 7.99. The van der Waals surface area contributed by atoms with Gasteiger partial charge < -0.3 is 11.1 Å². The monoisotopic (exact) mass is 491 g/mol. The Kier molecular flexibility index (Phi) is 6.09. The van der Waals surface area contributed by atoms with Gasteiger partial charge >= 0.3 is 0 Å². The summed E-state index contributed by atoms with van der Waals surface area (Å²) in [5, 5.41) is 11.6. The lowest BCUT2D eigenvalue weighted by atomic mass is 9.93. The van der Waals surface area contributed by atoms with Crippen LogP contribution in [0.4, 0.5) is 10.1 Å². The van der Waals surface area contributed by atoms with Crippen molar-refractivity contribution in [3.05, 3.63) is 58.1 Å². The maximum atomic E-state index is 15.0. The number of nitrogens with zero attached hydrogens (tertiary/aromatic N) is 4. The van der Waals surface area contributed by atoms with Gasteiger partial charge in [-0.1, -0.05) is 11.6 Å². The topological polar surface area (TPSA) is 136 Å². The summed E-state index contributed by atoms with van der Waals surface area (Å²) in [5.41, 5.74) is 5.54. The Labute approximate surface area is 196 Å². The van der Waals surface area contributed by atoms with Crippen molar-refractivity contribution in [1.29, 1.82) is 5.26 Å². The van der Waals surface area contributed by atoms with Crippen LogP contribution in [0.15, 0.2) is 35.5 Å². The van der Waals surface area contributed by atoms with Crippen molar-refractivity contribution in [3.63, 3.8) is 0 Å². The summed E-state index contributed by atoms with van der Waals surface area (Å²) >= 11 is 6.07. The number of nitrogens with two attached hydrogens (primary N) is 1. The quantitative estimate of drug-likeness (QED) is 0.487. The molecule has 0 bridgehead atoms. The average Bonchev–Trinajstić information content (AvgIpc) is 2.95. The SMILES string of the molecule is C[C@@]1(c2cc(NC(=O)c3ncc(C#N)cc3Cl)ccc2F)C[SH]2(=O)NCCCCN2C(N)=N1. The Balaban J connectivity index is 1.66. The number of carbonyl (C=O) groups is 1. The van der Waals surface area contributed by atoms with E-state index in [1.807, 2.05) is 6.07 Å². The van der Waals surface area contributed by atoms with Crippen LogP contribution < -0.4 is 15.8 Å². The molecular formula is C21H23ClFN7O2S. The Morgan fingerprint density at radius 1 is 1.42 bits per heavy atom. The number of nitrogens with one attached hydrogen (secondary N) is 2. The zero-order valence-corrected chi connectivity index (χ0v) is 19.5. The normalized spacial score (nSPS) is 22.8. The first kappa shape index (κ1) is 23.1. The highest BCUT2D eigenvalue weighted by atomic mass is 35.5. The fraction of sp³-hybridized carbons (Fsp3) is 0.333. The minimum Gasteiger partial charge on any atom is -0.369 e. The van der Waals surface area contributed by atoms with E-state index in [4.69, 9.17) is 22.6 Å². The molecule has 4 N–H and O–H groups in total. The number of benzene rings is 1. The number of halogens is 2. The van der Waals surface area contributed by atoms with Gasteiger partial charge in [0.1, 0.15) is 23.1 Å². The van der Waals surface area contributed by atoms with Gasteiger partial charge in [-0.15, -0.1) is 0 Å². The molecule has 1 aromatic heterocycles. The van der Waals surface area contributed by atoms with Crippen LogP contribution >= 0.6 is 11.6 Å². The highest BCUT2D eigenvalue weighted by Crippen LogP contribution is 2.37. The molecule has 33 heavy (non-hydrogen) atoms. The molecule has 1 fully saturated rings. The largest absolute Gasteiger partial charge is 0.369 e. The number of carbonyl (C=O) groups excluding carboxylic acids is 1. The van der Waals surface area contributed by atoms with Crippen molar-refractivity contribution in [3.8, 4) is 6.07 Å². The molecule has 0 unspecified atom stereocenters. The van der Waals surface area contributed by atoms with E-state index in [1.54, 1.807) is 11.2 Å². The second-order valence-electron chi connectivity index (χ2n) is 8.16. The van der Waals surface area contributed by atoms with Crippen molar-refractivity contribution < 1.29 is 13.4 Å². The van der Waals surface area contributed by atoms with E-state index in [0.717, 1.165) is 12.8 Å². The zero-order chi connectivity index (χ0) is 23.8. The number of hydrogen-bond donors (Lipinski definition) is 4. The van der Waals surface area contributed by atoms with Crippen molar-refractivity contribution >= 4 is 39.5 Å². The lowest BCUT2D eigenvalue weighted by molar-refractivity contribution is 0.102. The molecule has 9 nitrogen and oxygen atoms in total. The lowest BCUT2D eigenvalue weighted by Crippen LogP contribution is -2.60. The van der Waals surface area contributed by atoms with Crippen molar-refractivity contribution in [2.24, 2.45) is 10.7 Å². The van der Waals surface area contributed by atoms with Gasteiger partial charge in [-0.05, 0) is 44.0 Å². The summed E-state index contributed by atoms with van der Waals surface area (Å²) in [7, 11) is -3.11. The molecular weight excluding hydrogens is 469 g/mol. The summed E-state index contributed by atoms with van der Waals surface area (Å²) in [6.07, 6.45) is 2.92. The molecule has 1 amide bonds. The second-order valence-corrected chi connectivity index (χ2v) is 11.1. The summed E-state index contributed by atoms with van der Waals surface area (Å²) in [4.78, 5) is 21.1. The van der Waals surface area contributed by atoms with Gasteiger partial charge in [0, 0.05) is 40.8 Å². The Morgan fingerprint density at radius 3 is 2.94 bits per heavy atom.